The standard InChI is InChI=1S/C37H24N2OS/c1-2-8-23(9-3-1)25-16-20-33-29(22-25)35-34(41-33)21-19-30-36(35)40-37(38-30)24-14-17-26(18-15-24)39-31-12-6-4-10-27(31)28-11-5-7-13-32(28)39/h1-22,37-38H. The predicted octanol–water partition coefficient (Wildman–Crippen LogP) is 10.3. The maximum absolute atomic E-state index is 6.68. The molecule has 0 amide bonds. The average Bonchev–Trinajstić information content (AvgIpc) is 3.73. The molecule has 41 heavy (non-hydrogen) atoms. The lowest BCUT2D eigenvalue weighted by atomic mass is 10.0. The first-order chi connectivity index (χ1) is 20.3. The molecule has 1 N–H and O–H groups in total. The van der Waals surface area contributed by atoms with Crippen molar-refractivity contribution in [1.29, 1.82) is 0 Å². The minimum absolute atomic E-state index is 0.241. The molecule has 6 aromatic carbocycles. The van der Waals surface area contributed by atoms with Crippen LogP contribution in [0.4, 0.5) is 5.69 Å². The molecule has 4 heteroatoms. The number of nitrogens with zero attached hydrogens (tertiary/aromatic N) is 1. The largest absolute Gasteiger partial charge is 0.464 e. The average molecular weight is 545 g/mol. The number of fused-ring (bicyclic) bond motifs is 8. The molecule has 8 aromatic rings. The first-order valence-electron chi connectivity index (χ1n) is 13.9. The second-order valence-corrected chi connectivity index (χ2v) is 11.7. The zero-order chi connectivity index (χ0) is 26.9. The van der Waals surface area contributed by atoms with E-state index in [0.717, 1.165) is 22.7 Å². The summed E-state index contributed by atoms with van der Waals surface area (Å²) in [5.41, 5.74) is 8.15. The molecule has 0 aliphatic carbocycles. The van der Waals surface area contributed by atoms with E-state index in [2.05, 4.69) is 143 Å². The Labute approximate surface area is 240 Å². The van der Waals surface area contributed by atoms with Crippen LogP contribution < -0.4 is 10.1 Å². The number of hydrogen-bond acceptors (Lipinski definition) is 3. The fourth-order valence-electron chi connectivity index (χ4n) is 6.32. The van der Waals surface area contributed by atoms with Gasteiger partial charge in [-0.1, -0.05) is 84.9 Å². The minimum Gasteiger partial charge on any atom is -0.464 e. The Balaban J connectivity index is 1.10. The highest BCUT2D eigenvalue weighted by molar-refractivity contribution is 7.25. The van der Waals surface area contributed by atoms with Crippen LogP contribution in [0.15, 0.2) is 133 Å². The molecule has 0 saturated carbocycles. The number of anilines is 1. The van der Waals surface area contributed by atoms with Gasteiger partial charge in [0.25, 0.3) is 0 Å². The van der Waals surface area contributed by atoms with Crippen LogP contribution in [0.3, 0.4) is 0 Å². The van der Waals surface area contributed by atoms with Gasteiger partial charge in [-0.25, -0.2) is 0 Å². The van der Waals surface area contributed by atoms with E-state index in [9.17, 15) is 0 Å². The van der Waals surface area contributed by atoms with Crippen LogP contribution in [0.5, 0.6) is 5.75 Å². The third-order valence-electron chi connectivity index (χ3n) is 8.25. The number of thiophene rings is 1. The number of rotatable bonds is 3. The van der Waals surface area contributed by atoms with Gasteiger partial charge in [0.15, 0.2) is 12.0 Å². The van der Waals surface area contributed by atoms with E-state index < -0.39 is 0 Å². The Morgan fingerprint density at radius 3 is 2.02 bits per heavy atom. The van der Waals surface area contributed by atoms with E-state index in [4.69, 9.17) is 4.74 Å². The number of hydrogen-bond donors (Lipinski definition) is 1. The second kappa shape index (κ2) is 8.72. The van der Waals surface area contributed by atoms with Crippen LogP contribution in [-0.2, 0) is 0 Å². The number of ether oxygens (including phenoxy) is 1. The molecular weight excluding hydrogens is 520 g/mol. The van der Waals surface area contributed by atoms with E-state index >= 15 is 0 Å². The van der Waals surface area contributed by atoms with Crippen LogP contribution in [0, 0.1) is 0 Å². The van der Waals surface area contributed by atoms with Gasteiger partial charge in [-0.05, 0) is 59.7 Å². The lowest BCUT2D eigenvalue weighted by molar-refractivity contribution is 0.263. The summed E-state index contributed by atoms with van der Waals surface area (Å²) in [6.07, 6.45) is -0.241. The Morgan fingerprint density at radius 1 is 0.585 bits per heavy atom. The molecule has 0 spiro atoms. The van der Waals surface area contributed by atoms with Gasteiger partial charge in [-0.3, -0.25) is 0 Å². The number of aromatic nitrogens is 1. The monoisotopic (exact) mass is 544 g/mol. The van der Waals surface area contributed by atoms with Gasteiger partial charge >= 0.3 is 0 Å². The quantitative estimate of drug-likeness (QED) is 0.239. The van der Waals surface area contributed by atoms with Crippen LogP contribution in [0.2, 0.25) is 0 Å². The van der Waals surface area contributed by atoms with Gasteiger partial charge in [-0.2, -0.15) is 0 Å². The zero-order valence-electron chi connectivity index (χ0n) is 22.0. The Kier molecular flexibility index (Phi) is 4.83. The highest BCUT2D eigenvalue weighted by Crippen LogP contribution is 2.49. The summed E-state index contributed by atoms with van der Waals surface area (Å²) in [6.45, 7) is 0. The molecule has 1 aliphatic heterocycles. The predicted molar refractivity (Wildman–Crippen MR) is 173 cm³/mol. The SMILES string of the molecule is c1ccc(-c2ccc3sc4ccc5c(c4c3c2)OC(c2ccc(-n3c4ccccc4c4ccccc43)cc2)N5)cc1. The van der Waals surface area contributed by atoms with E-state index in [1.54, 1.807) is 0 Å². The van der Waals surface area contributed by atoms with Gasteiger partial charge in [-0.15, -0.1) is 11.3 Å². The molecular formula is C37H24N2OS. The van der Waals surface area contributed by atoms with Gasteiger partial charge in [0.1, 0.15) is 0 Å². The van der Waals surface area contributed by atoms with E-state index in [1.165, 1.54) is 53.1 Å². The van der Waals surface area contributed by atoms with E-state index in [1.807, 2.05) is 11.3 Å². The summed E-state index contributed by atoms with van der Waals surface area (Å²) in [4.78, 5) is 0. The third-order valence-corrected chi connectivity index (χ3v) is 9.39. The normalized spacial score (nSPS) is 14.5. The number of para-hydroxylation sites is 2. The topological polar surface area (TPSA) is 26.2 Å². The van der Waals surface area contributed by atoms with Crippen molar-refractivity contribution in [2.24, 2.45) is 0 Å². The maximum atomic E-state index is 6.68. The molecule has 1 unspecified atom stereocenters. The molecule has 2 aromatic heterocycles. The maximum Gasteiger partial charge on any atom is 0.196 e. The fraction of sp³-hybridized carbons (Fsp3) is 0.0270. The fourth-order valence-corrected chi connectivity index (χ4v) is 7.41. The van der Waals surface area contributed by atoms with E-state index in [0.29, 0.717) is 0 Å². The van der Waals surface area contributed by atoms with Crippen molar-refractivity contribution < 1.29 is 4.74 Å². The third kappa shape index (κ3) is 3.44. The number of benzene rings is 6. The lowest BCUT2D eigenvalue weighted by Crippen LogP contribution is -2.10. The highest BCUT2D eigenvalue weighted by atomic mass is 32.1. The smallest absolute Gasteiger partial charge is 0.196 e. The molecule has 0 radical (unpaired) electrons. The van der Waals surface area contributed by atoms with Gasteiger partial charge < -0.3 is 14.6 Å². The summed E-state index contributed by atoms with van der Waals surface area (Å²) < 4.78 is 11.5. The summed E-state index contributed by atoms with van der Waals surface area (Å²) in [6, 6.07) is 47.7. The Bertz CT molecular complexity index is 2210. The van der Waals surface area contributed by atoms with E-state index in [-0.39, 0.29) is 6.23 Å². The molecule has 0 saturated heterocycles. The van der Waals surface area contributed by atoms with Crippen LogP contribution >= 0.6 is 11.3 Å². The Morgan fingerprint density at radius 2 is 1.27 bits per heavy atom. The zero-order valence-corrected chi connectivity index (χ0v) is 22.9. The van der Waals surface area contributed by atoms with Crippen molar-refractivity contribution in [3.63, 3.8) is 0 Å². The molecule has 1 aliphatic rings. The van der Waals surface area contributed by atoms with Gasteiger partial charge in [0.2, 0.25) is 0 Å². The highest BCUT2D eigenvalue weighted by Gasteiger charge is 2.27. The first-order valence-corrected chi connectivity index (χ1v) is 14.7. The molecule has 3 heterocycles. The van der Waals surface area contributed by atoms with Crippen LogP contribution in [-0.4, -0.2) is 4.57 Å². The van der Waals surface area contributed by atoms with Crippen molar-refractivity contribution in [3.05, 3.63) is 139 Å². The van der Waals surface area contributed by atoms with Crippen molar-refractivity contribution >= 4 is 59.0 Å². The molecule has 194 valence electrons. The van der Waals surface area contributed by atoms with Crippen molar-refractivity contribution in [2.45, 2.75) is 6.23 Å². The summed E-state index contributed by atoms with van der Waals surface area (Å²) in [7, 11) is 0. The minimum atomic E-state index is -0.241. The first kappa shape index (κ1) is 22.7. The molecule has 3 nitrogen and oxygen atoms in total. The Hall–Kier alpha value is -5.06. The molecule has 0 bridgehead atoms. The van der Waals surface area contributed by atoms with Crippen molar-refractivity contribution in [2.75, 3.05) is 5.32 Å². The molecule has 0 fully saturated rings. The molecule has 1 atom stereocenters. The van der Waals surface area contributed by atoms with Crippen molar-refractivity contribution in [3.8, 4) is 22.6 Å². The van der Waals surface area contributed by atoms with Crippen LogP contribution in [0.1, 0.15) is 11.8 Å². The molecule has 9 rings (SSSR count). The second-order valence-electron chi connectivity index (χ2n) is 10.6. The summed E-state index contributed by atoms with van der Waals surface area (Å²) >= 11 is 1.82. The van der Waals surface area contributed by atoms with Gasteiger partial charge in [0.05, 0.1) is 16.7 Å². The van der Waals surface area contributed by atoms with Crippen LogP contribution in [0.25, 0.3) is 58.8 Å². The number of nitrogens with one attached hydrogen (secondary N) is 1. The van der Waals surface area contributed by atoms with Gasteiger partial charge in [0, 0.05) is 42.2 Å². The summed E-state index contributed by atoms with van der Waals surface area (Å²) in [5, 5.41) is 8.61. The van der Waals surface area contributed by atoms with Crippen molar-refractivity contribution in [1.82, 2.24) is 4.57 Å². The lowest BCUT2D eigenvalue weighted by Gasteiger charge is -2.14. The summed E-state index contributed by atoms with van der Waals surface area (Å²) in [5.74, 6) is 0.940.